The van der Waals surface area contributed by atoms with E-state index in [0.717, 1.165) is 19.3 Å². The first-order chi connectivity index (χ1) is 12.9. The summed E-state index contributed by atoms with van der Waals surface area (Å²) in [7, 11) is 0. The van der Waals surface area contributed by atoms with Crippen molar-refractivity contribution in [3.8, 4) is 0 Å². The number of hydrogen-bond donors (Lipinski definition) is 0. The van der Waals surface area contributed by atoms with E-state index in [4.69, 9.17) is 0 Å². The normalized spacial score (nSPS) is 12.4. The van der Waals surface area contributed by atoms with Gasteiger partial charge in [-0.05, 0) is 30.9 Å². The largest absolute Gasteiger partial charge is 0.313 e. The zero-order chi connectivity index (χ0) is 19.8. The van der Waals surface area contributed by atoms with Crippen molar-refractivity contribution in [2.24, 2.45) is 16.1 Å². The van der Waals surface area contributed by atoms with Crippen LogP contribution in [0.15, 0.2) is 51.6 Å². The number of azo groups is 1. The number of nitro benzene ring substituents is 1. The van der Waals surface area contributed by atoms with E-state index in [2.05, 4.69) is 24.1 Å². The van der Waals surface area contributed by atoms with Crippen molar-refractivity contribution in [1.29, 1.82) is 0 Å². The van der Waals surface area contributed by atoms with E-state index >= 15 is 0 Å². The van der Waals surface area contributed by atoms with Crippen LogP contribution in [0.25, 0.3) is 0 Å². The topological polar surface area (TPSA) is 89.9 Å². The molecule has 0 radical (unpaired) electrons. The molecular formula is C20H26N4O3. The minimum atomic E-state index is -0.487. The molecule has 1 heterocycles. The minimum absolute atomic E-state index is 0.0688. The van der Waals surface area contributed by atoms with Crippen molar-refractivity contribution < 1.29 is 4.92 Å². The van der Waals surface area contributed by atoms with Gasteiger partial charge in [-0.15, -0.1) is 10.2 Å². The Bertz CT molecular complexity index is 874. The fourth-order valence-electron chi connectivity index (χ4n) is 2.72. The molecule has 1 aromatic carbocycles. The molecule has 1 unspecified atom stereocenters. The number of para-hydroxylation sites is 1. The van der Waals surface area contributed by atoms with Crippen molar-refractivity contribution >= 4 is 17.1 Å². The Balaban J connectivity index is 2.16. The predicted molar refractivity (Wildman–Crippen MR) is 106 cm³/mol. The standard InChI is InChI=1S/C20H26N4O3/c1-4-15(2)9-7-8-12-23-14-18(16(3)13-20(23)25)22-21-17-10-5-6-11-19(17)24(26)27/h5-6,10-11,13-15H,4,7-9,12H2,1-3H3. The lowest BCUT2D eigenvalue weighted by molar-refractivity contribution is -0.384. The van der Waals surface area contributed by atoms with Gasteiger partial charge in [0.15, 0.2) is 5.69 Å². The van der Waals surface area contributed by atoms with Gasteiger partial charge in [0.25, 0.3) is 11.2 Å². The molecule has 27 heavy (non-hydrogen) atoms. The maximum Gasteiger partial charge on any atom is 0.296 e. The van der Waals surface area contributed by atoms with Gasteiger partial charge in [0.2, 0.25) is 0 Å². The number of aryl methyl sites for hydroxylation is 2. The van der Waals surface area contributed by atoms with E-state index in [0.29, 0.717) is 23.7 Å². The quantitative estimate of drug-likeness (QED) is 0.245. The first kappa shape index (κ1) is 20.5. The molecule has 1 aromatic heterocycles. The van der Waals surface area contributed by atoms with Crippen LogP contribution in [0.1, 0.15) is 45.1 Å². The summed E-state index contributed by atoms with van der Waals surface area (Å²) < 4.78 is 1.64. The van der Waals surface area contributed by atoms with Gasteiger partial charge in [-0.3, -0.25) is 14.9 Å². The highest BCUT2D eigenvalue weighted by molar-refractivity contribution is 5.56. The Labute approximate surface area is 158 Å². The lowest BCUT2D eigenvalue weighted by Crippen LogP contribution is -2.19. The van der Waals surface area contributed by atoms with Crippen molar-refractivity contribution in [2.75, 3.05) is 0 Å². The van der Waals surface area contributed by atoms with Crippen LogP contribution in [0.3, 0.4) is 0 Å². The number of nitrogens with zero attached hydrogens (tertiary/aromatic N) is 4. The molecule has 0 N–H and O–H groups in total. The van der Waals surface area contributed by atoms with Gasteiger partial charge >= 0.3 is 0 Å². The molecular weight excluding hydrogens is 344 g/mol. The monoisotopic (exact) mass is 370 g/mol. The van der Waals surface area contributed by atoms with E-state index in [1.165, 1.54) is 18.6 Å². The van der Waals surface area contributed by atoms with Crippen molar-refractivity contribution in [3.63, 3.8) is 0 Å². The van der Waals surface area contributed by atoms with Crippen LogP contribution in [-0.4, -0.2) is 9.49 Å². The summed E-state index contributed by atoms with van der Waals surface area (Å²) in [5.41, 5.74) is 1.25. The summed E-state index contributed by atoms with van der Waals surface area (Å²) in [6.07, 6.45) is 6.00. The van der Waals surface area contributed by atoms with Gasteiger partial charge < -0.3 is 4.57 Å². The van der Waals surface area contributed by atoms with Crippen LogP contribution in [-0.2, 0) is 6.54 Å². The average molecular weight is 370 g/mol. The van der Waals surface area contributed by atoms with Crippen LogP contribution < -0.4 is 5.56 Å². The molecule has 0 spiro atoms. The van der Waals surface area contributed by atoms with Crippen molar-refractivity contribution in [2.45, 2.75) is 53.0 Å². The smallest absolute Gasteiger partial charge is 0.296 e. The van der Waals surface area contributed by atoms with Gasteiger partial charge in [0.05, 0.1) is 4.92 Å². The van der Waals surface area contributed by atoms with Crippen LogP contribution in [0.2, 0.25) is 0 Å². The summed E-state index contributed by atoms with van der Waals surface area (Å²) in [5.74, 6) is 0.700. The highest BCUT2D eigenvalue weighted by Crippen LogP contribution is 2.28. The fourth-order valence-corrected chi connectivity index (χ4v) is 2.72. The summed E-state index contributed by atoms with van der Waals surface area (Å²) in [6, 6.07) is 7.72. The first-order valence-electron chi connectivity index (χ1n) is 9.28. The molecule has 7 heteroatoms. The number of aromatic nitrogens is 1. The number of pyridine rings is 1. The van der Waals surface area contributed by atoms with E-state index in [-0.39, 0.29) is 16.9 Å². The molecule has 0 saturated heterocycles. The molecule has 0 aliphatic heterocycles. The third-order valence-corrected chi connectivity index (χ3v) is 4.69. The molecule has 0 amide bonds. The van der Waals surface area contributed by atoms with Crippen molar-refractivity contribution in [3.05, 3.63) is 62.6 Å². The fraction of sp³-hybridized carbons (Fsp3) is 0.450. The van der Waals surface area contributed by atoms with Crippen molar-refractivity contribution in [1.82, 2.24) is 4.57 Å². The van der Waals surface area contributed by atoms with Gasteiger partial charge in [0, 0.05) is 24.9 Å². The second-order valence-corrected chi connectivity index (χ2v) is 6.83. The third kappa shape index (κ3) is 5.84. The molecule has 0 fully saturated rings. The van der Waals surface area contributed by atoms with E-state index in [9.17, 15) is 14.9 Å². The van der Waals surface area contributed by atoms with Crippen LogP contribution >= 0.6 is 0 Å². The molecule has 144 valence electrons. The Kier molecular flexibility index (Phi) is 7.40. The van der Waals surface area contributed by atoms with E-state index in [1.54, 1.807) is 35.9 Å². The molecule has 7 nitrogen and oxygen atoms in total. The van der Waals surface area contributed by atoms with Crippen LogP contribution in [0.5, 0.6) is 0 Å². The molecule has 1 atom stereocenters. The average Bonchev–Trinajstić information content (AvgIpc) is 2.65. The third-order valence-electron chi connectivity index (χ3n) is 4.69. The van der Waals surface area contributed by atoms with Crippen LogP contribution in [0, 0.1) is 23.0 Å². The molecule has 0 aliphatic carbocycles. The number of hydrogen-bond acceptors (Lipinski definition) is 5. The van der Waals surface area contributed by atoms with Gasteiger partial charge in [-0.1, -0.05) is 45.2 Å². The van der Waals surface area contributed by atoms with Gasteiger partial charge in [-0.2, -0.15) is 0 Å². The maximum absolute atomic E-state index is 12.2. The highest BCUT2D eigenvalue weighted by atomic mass is 16.6. The Morgan fingerprint density at radius 1 is 1.19 bits per heavy atom. The van der Waals surface area contributed by atoms with Gasteiger partial charge in [0.1, 0.15) is 5.69 Å². The lowest BCUT2D eigenvalue weighted by atomic mass is 10.0. The second kappa shape index (κ2) is 9.75. The number of rotatable bonds is 9. The predicted octanol–water partition coefficient (Wildman–Crippen LogP) is 5.70. The summed E-state index contributed by atoms with van der Waals surface area (Å²) >= 11 is 0. The number of nitro groups is 1. The maximum atomic E-state index is 12.2. The summed E-state index contributed by atoms with van der Waals surface area (Å²) in [4.78, 5) is 22.8. The first-order valence-corrected chi connectivity index (χ1v) is 9.28. The molecule has 0 saturated carbocycles. The number of unbranched alkanes of at least 4 members (excludes halogenated alkanes) is 1. The lowest BCUT2D eigenvalue weighted by Gasteiger charge is -2.10. The SMILES string of the molecule is CCC(C)CCCCn1cc(N=Nc2ccccc2[N+](=O)[O-])c(C)cc1=O. The highest BCUT2D eigenvalue weighted by Gasteiger charge is 2.12. The molecule has 2 rings (SSSR count). The van der Waals surface area contributed by atoms with Gasteiger partial charge in [-0.25, -0.2) is 0 Å². The summed E-state index contributed by atoms with van der Waals surface area (Å²) in [6.45, 7) is 6.83. The zero-order valence-corrected chi connectivity index (χ0v) is 16.1. The molecule has 0 bridgehead atoms. The Hall–Kier alpha value is -2.83. The van der Waals surface area contributed by atoms with Crippen LogP contribution in [0.4, 0.5) is 17.1 Å². The Morgan fingerprint density at radius 2 is 1.89 bits per heavy atom. The summed E-state index contributed by atoms with van der Waals surface area (Å²) in [5, 5.41) is 19.3. The second-order valence-electron chi connectivity index (χ2n) is 6.83. The zero-order valence-electron chi connectivity index (χ0n) is 16.1. The molecule has 2 aromatic rings. The number of benzene rings is 1. The van der Waals surface area contributed by atoms with E-state index in [1.807, 2.05) is 0 Å². The Morgan fingerprint density at radius 3 is 2.59 bits per heavy atom. The minimum Gasteiger partial charge on any atom is -0.313 e. The molecule has 0 aliphatic rings. The van der Waals surface area contributed by atoms with E-state index < -0.39 is 4.92 Å².